The smallest absolute Gasteiger partial charge is 0.307 e. The monoisotopic (exact) mass is 365 g/mol. The molecule has 0 radical (unpaired) electrons. The molecule has 0 atom stereocenters. The van der Waals surface area contributed by atoms with Gasteiger partial charge in [0.15, 0.2) is 0 Å². The van der Waals surface area contributed by atoms with Crippen LogP contribution >= 0.6 is 0 Å². The summed E-state index contributed by atoms with van der Waals surface area (Å²) in [5.74, 6) is 0.0820. The highest BCUT2D eigenvalue weighted by Gasteiger charge is 2.32. The Morgan fingerprint density at radius 2 is 1.92 bits per heavy atom. The summed E-state index contributed by atoms with van der Waals surface area (Å²) in [6, 6.07) is 5.53. The van der Waals surface area contributed by atoms with Crippen LogP contribution in [-0.4, -0.2) is 38.4 Å². The summed E-state index contributed by atoms with van der Waals surface area (Å²) in [4.78, 5) is 12.0. The quantitative estimate of drug-likeness (QED) is 0.665. The molecule has 0 N–H and O–H groups in total. The Hall–Kier alpha value is -1.40. The van der Waals surface area contributed by atoms with Gasteiger partial charge < -0.3 is 4.74 Å². The summed E-state index contributed by atoms with van der Waals surface area (Å²) in [6.45, 7) is 2.76. The number of hydrogen-bond donors (Lipinski definition) is 0. The normalized spacial score (nSPS) is 17.4. The maximum absolute atomic E-state index is 13.1. The van der Waals surface area contributed by atoms with Gasteiger partial charge in [0.25, 0.3) is 0 Å². The fourth-order valence-electron chi connectivity index (χ4n) is 3.37. The summed E-state index contributed by atoms with van der Waals surface area (Å²) >= 11 is 0. The van der Waals surface area contributed by atoms with Gasteiger partial charge in [-0.05, 0) is 74.6 Å². The predicted octanol–water partition coefficient (Wildman–Crippen LogP) is 2.92. The first-order valence-electron chi connectivity index (χ1n) is 9.28. The van der Waals surface area contributed by atoms with Crippen molar-refractivity contribution < 1.29 is 17.9 Å². The van der Waals surface area contributed by atoms with Crippen molar-refractivity contribution in [2.75, 3.05) is 19.7 Å². The van der Waals surface area contributed by atoms with Crippen LogP contribution in [0.15, 0.2) is 23.1 Å². The first kappa shape index (κ1) is 18.4. The van der Waals surface area contributed by atoms with Crippen LogP contribution < -0.4 is 0 Å². The number of nitrogens with zero attached hydrogens (tertiary/aromatic N) is 1. The minimum atomic E-state index is -3.57. The Kier molecular flexibility index (Phi) is 5.79. The van der Waals surface area contributed by atoms with Gasteiger partial charge in [-0.25, -0.2) is 8.42 Å². The third-order valence-corrected chi connectivity index (χ3v) is 6.85. The number of aryl methyl sites for hydroxylation is 2. The molecule has 0 aromatic heterocycles. The summed E-state index contributed by atoms with van der Waals surface area (Å²) < 4.78 is 32.7. The van der Waals surface area contributed by atoms with Gasteiger partial charge in [0.05, 0.1) is 17.9 Å². The fraction of sp³-hybridized carbons (Fsp3) is 0.632. The molecular formula is C19H27NO4S. The van der Waals surface area contributed by atoms with Crippen LogP contribution in [0.5, 0.6) is 0 Å². The number of benzene rings is 1. The van der Waals surface area contributed by atoms with Crippen LogP contribution in [-0.2, 0) is 32.4 Å². The Morgan fingerprint density at radius 1 is 1.20 bits per heavy atom. The van der Waals surface area contributed by atoms with Gasteiger partial charge >= 0.3 is 5.97 Å². The third-order valence-electron chi connectivity index (χ3n) is 4.99. The second-order valence-electron chi connectivity index (χ2n) is 7.00. The van der Waals surface area contributed by atoms with Crippen LogP contribution in [0.25, 0.3) is 0 Å². The van der Waals surface area contributed by atoms with Gasteiger partial charge in [0, 0.05) is 13.1 Å². The van der Waals surface area contributed by atoms with Crippen molar-refractivity contribution in [3.05, 3.63) is 29.3 Å². The molecule has 25 heavy (non-hydrogen) atoms. The van der Waals surface area contributed by atoms with Gasteiger partial charge in [-0.1, -0.05) is 6.07 Å². The number of fused-ring (bicyclic) bond motifs is 1. The number of rotatable bonds is 8. The van der Waals surface area contributed by atoms with E-state index in [0.29, 0.717) is 24.0 Å². The highest BCUT2D eigenvalue weighted by molar-refractivity contribution is 7.89. The number of carbonyl (C=O) groups is 1. The molecule has 138 valence electrons. The highest BCUT2D eigenvalue weighted by atomic mass is 32.2. The van der Waals surface area contributed by atoms with Gasteiger partial charge in [-0.2, -0.15) is 4.31 Å². The molecule has 1 saturated carbocycles. The predicted molar refractivity (Wildman–Crippen MR) is 95.8 cm³/mol. The van der Waals surface area contributed by atoms with E-state index in [1.807, 2.05) is 12.1 Å². The zero-order chi connectivity index (χ0) is 17.9. The van der Waals surface area contributed by atoms with Crippen molar-refractivity contribution in [2.45, 2.75) is 56.8 Å². The fourth-order valence-corrected chi connectivity index (χ4v) is 4.93. The Balaban J connectivity index is 1.78. The summed E-state index contributed by atoms with van der Waals surface area (Å²) in [7, 11) is -3.57. The molecule has 0 amide bonds. The van der Waals surface area contributed by atoms with E-state index < -0.39 is 10.0 Å². The van der Waals surface area contributed by atoms with E-state index in [9.17, 15) is 13.2 Å². The minimum Gasteiger partial charge on any atom is -0.466 e. The van der Waals surface area contributed by atoms with Crippen LogP contribution in [0.2, 0.25) is 0 Å². The lowest BCUT2D eigenvalue weighted by Crippen LogP contribution is -2.35. The van der Waals surface area contributed by atoms with E-state index in [4.69, 9.17) is 4.74 Å². The van der Waals surface area contributed by atoms with Crippen molar-refractivity contribution in [3.63, 3.8) is 0 Å². The van der Waals surface area contributed by atoms with Crippen LogP contribution in [0.4, 0.5) is 0 Å². The Morgan fingerprint density at radius 3 is 2.60 bits per heavy atom. The Bertz CT molecular complexity index is 725. The van der Waals surface area contributed by atoms with Crippen molar-refractivity contribution in [3.8, 4) is 0 Å². The van der Waals surface area contributed by atoms with Crippen molar-refractivity contribution >= 4 is 16.0 Å². The summed E-state index contributed by atoms with van der Waals surface area (Å²) in [5.41, 5.74) is 2.43. The maximum Gasteiger partial charge on any atom is 0.307 e. The molecule has 3 rings (SSSR count). The second-order valence-corrected chi connectivity index (χ2v) is 8.94. The summed E-state index contributed by atoms with van der Waals surface area (Å²) in [5, 5.41) is 0. The first-order valence-corrected chi connectivity index (χ1v) is 10.7. The molecule has 1 aromatic rings. The third kappa shape index (κ3) is 4.61. The number of ether oxygens (including phenoxy) is 1. The summed E-state index contributed by atoms with van der Waals surface area (Å²) in [6.07, 6.45) is 6.50. The lowest BCUT2D eigenvalue weighted by atomic mass is 9.92. The van der Waals surface area contributed by atoms with Crippen molar-refractivity contribution in [1.82, 2.24) is 4.31 Å². The minimum absolute atomic E-state index is 0.102. The van der Waals surface area contributed by atoms with E-state index >= 15 is 0 Å². The SMILES string of the molecule is CCOC(=O)CCN(CC1CC1)S(=O)(=O)c1ccc2c(c1)CCCC2. The van der Waals surface area contributed by atoms with Crippen LogP contribution in [0.1, 0.15) is 50.2 Å². The molecule has 0 aliphatic heterocycles. The molecule has 1 aromatic carbocycles. The van der Waals surface area contributed by atoms with Gasteiger partial charge in [0.2, 0.25) is 10.0 Å². The molecule has 0 unspecified atom stereocenters. The number of sulfonamides is 1. The molecule has 0 heterocycles. The largest absolute Gasteiger partial charge is 0.466 e. The molecule has 0 saturated heterocycles. The molecule has 0 spiro atoms. The van der Waals surface area contributed by atoms with Crippen molar-refractivity contribution in [1.29, 1.82) is 0 Å². The zero-order valence-electron chi connectivity index (χ0n) is 14.9. The highest BCUT2D eigenvalue weighted by Crippen LogP contribution is 2.32. The van der Waals surface area contributed by atoms with Gasteiger partial charge in [0.1, 0.15) is 0 Å². The molecule has 2 aliphatic rings. The van der Waals surface area contributed by atoms with Crippen LogP contribution in [0.3, 0.4) is 0 Å². The zero-order valence-corrected chi connectivity index (χ0v) is 15.7. The van der Waals surface area contributed by atoms with Crippen molar-refractivity contribution in [2.24, 2.45) is 5.92 Å². The first-order chi connectivity index (χ1) is 12.0. The molecular weight excluding hydrogens is 338 g/mol. The molecule has 5 nitrogen and oxygen atoms in total. The van der Waals surface area contributed by atoms with E-state index in [1.54, 1.807) is 13.0 Å². The van der Waals surface area contributed by atoms with E-state index in [0.717, 1.165) is 37.7 Å². The maximum atomic E-state index is 13.1. The molecule has 6 heteroatoms. The van der Waals surface area contributed by atoms with E-state index in [1.165, 1.54) is 16.3 Å². The molecule has 2 aliphatic carbocycles. The lowest BCUT2D eigenvalue weighted by Gasteiger charge is -2.23. The number of esters is 1. The lowest BCUT2D eigenvalue weighted by molar-refractivity contribution is -0.143. The average Bonchev–Trinajstić information content (AvgIpc) is 3.42. The number of hydrogen-bond acceptors (Lipinski definition) is 4. The van der Waals surface area contributed by atoms with Gasteiger partial charge in [-0.15, -0.1) is 0 Å². The molecule has 1 fully saturated rings. The van der Waals surface area contributed by atoms with E-state index in [2.05, 4.69) is 0 Å². The number of carbonyl (C=O) groups excluding carboxylic acids is 1. The molecule has 0 bridgehead atoms. The van der Waals surface area contributed by atoms with E-state index in [-0.39, 0.29) is 18.9 Å². The topological polar surface area (TPSA) is 63.7 Å². The standard InChI is InChI=1S/C19H27NO4S/c1-2-24-19(21)11-12-20(14-15-7-8-15)25(22,23)18-10-9-16-5-3-4-6-17(16)13-18/h9-10,13,15H,2-8,11-12,14H2,1H3. The van der Waals surface area contributed by atoms with Gasteiger partial charge in [-0.3, -0.25) is 4.79 Å². The average molecular weight is 365 g/mol. The Labute approximate surface area is 150 Å². The second kappa shape index (κ2) is 7.87. The van der Waals surface area contributed by atoms with Crippen LogP contribution in [0, 0.1) is 5.92 Å².